The largest absolute Gasteiger partial charge is 0.492 e. The second kappa shape index (κ2) is 9.42. The third kappa shape index (κ3) is 5.49. The Labute approximate surface area is 152 Å². The van der Waals surface area contributed by atoms with Crippen LogP contribution in [0.2, 0.25) is 0 Å². The molecule has 0 fully saturated rings. The molecule has 1 unspecified atom stereocenters. The lowest BCUT2D eigenvalue weighted by atomic mass is 10.1. The van der Waals surface area contributed by atoms with Gasteiger partial charge in [0.05, 0.1) is 12.1 Å². The Bertz CT molecular complexity index is 787. The molecule has 0 aliphatic heterocycles. The number of hydrogen-bond donors (Lipinski definition) is 1. The molecule has 0 saturated carbocycles. The first kappa shape index (κ1) is 19.3. The van der Waals surface area contributed by atoms with Gasteiger partial charge in [-0.05, 0) is 30.2 Å². The van der Waals surface area contributed by atoms with Crippen molar-refractivity contribution >= 4 is 5.91 Å². The monoisotopic (exact) mass is 356 g/mol. The van der Waals surface area contributed by atoms with Crippen LogP contribution < -0.4 is 14.8 Å². The van der Waals surface area contributed by atoms with Gasteiger partial charge >= 0.3 is 0 Å². The van der Waals surface area contributed by atoms with E-state index in [2.05, 4.69) is 5.32 Å². The summed E-state index contributed by atoms with van der Waals surface area (Å²) in [7, 11) is 0. The Morgan fingerprint density at radius 2 is 2.00 bits per heavy atom. The van der Waals surface area contributed by atoms with Crippen molar-refractivity contribution in [1.82, 2.24) is 5.32 Å². The second-order valence-electron chi connectivity index (χ2n) is 5.99. The predicted octanol–water partition coefficient (Wildman–Crippen LogP) is 3.30. The first-order valence-electron chi connectivity index (χ1n) is 8.33. The normalized spacial score (nSPS) is 11.5. The molecule has 0 aliphatic carbocycles. The molecular formula is C20H21FN2O3. The average Bonchev–Trinajstić information content (AvgIpc) is 2.63. The van der Waals surface area contributed by atoms with Crippen molar-refractivity contribution in [1.29, 1.82) is 5.26 Å². The zero-order valence-corrected chi connectivity index (χ0v) is 14.7. The third-order valence-electron chi connectivity index (χ3n) is 3.59. The lowest BCUT2D eigenvalue weighted by molar-refractivity contribution is -0.129. The summed E-state index contributed by atoms with van der Waals surface area (Å²) in [6.07, 6.45) is -0.737. The topological polar surface area (TPSA) is 71.3 Å². The highest BCUT2D eigenvalue weighted by atomic mass is 19.1. The van der Waals surface area contributed by atoms with Crippen LogP contribution >= 0.6 is 0 Å². The standard InChI is InChI=1S/C20H21FN2O3/c1-14(2)19(26-18-9-4-3-6-15(18)13-22)20(24)23-10-11-25-17-8-5-7-16(21)12-17/h3-9,12,14,19H,10-11H2,1-2H3,(H,23,24). The van der Waals surface area contributed by atoms with Crippen LogP contribution in [0, 0.1) is 23.1 Å². The number of amides is 1. The van der Waals surface area contributed by atoms with E-state index >= 15 is 0 Å². The van der Waals surface area contributed by atoms with Crippen LogP contribution in [0.15, 0.2) is 48.5 Å². The minimum absolute atomic E-state index is 0.0918. The Balaban J connectivity index is 1.89. The summed E-state index contributed by atoms with van der Waals surface area (Å²) in [6.45, 7) is 4.18. The molecule has 2 rings (SSSR count). The molecule has 136 valence electrons. The second-order valence-corrected chi connectivity index (χ2v) is 5.99. The number of ether oxygens (including phenoxy) is 2. The highest BCUT2D eigenvalue weighted by molar-refractivity contribution is 5.81. The van der Waals surface area contributed by atoms with Crippen molar-refractivity contribution in [2.24, 2.45) is 5.92 Å². The summed E-state index contributed by atoms with van der Waals surface area (Å²) in [4.78, 5) is 12.4. The highest BCUT2D eigenvalue weighted by Gasteiger charge is 2.24. The highest BCUT2D eigenvalue weighted by Crippen LogP contribution is 2.20. The van der Waals surface area contributed by atoms with E-state index in [1.807, 2.05) is 19.9 Å². The Kier molecular flexibility index (Phi) is 6.98. The molecule has 0 radical (unpaired) electrons. The van der Waals surface area contributed by atoms with Gasteiger partial charge in [-0.1, -0.05) is 32.0 Å². The number of carbonyl (C=O) groups excluding carboxylic acids is 1. The first-order valence-corrected chi connectivity index (χ1v) is 8.33. The van der Waals surface area contributed by atoms with Crippen LogP contribution in [0.25, 0.3) is 0 Å². The van der Waals surface area contributed by atoms with Crippen LogP contribution in [0.1, 0.15) is 19.4 Å². The molecule has 1 atom stereocenters. The molecule has 6 heteroatoms. The molecule has 0 saturated heterocycles. The molecule has 0 bridgehead atoms. The molecule has 5 nitrogen and oxygen atoms in total. The van der Waals surface area contributed by atoms with E-state index in [9.17, 15) is 9.18 Å². The first-order chi connectivity index (χ1) is 12.5. The maximum absolute atomic E-state index is 13.1. The third-order valence-corrected chi connectivity index (χ3v) is 3.59. The van der Waals surface area contributed by atoms with Gasteiger partial charge in [-0.3, -0.25) is 4.79 Å². The van der Waals surface area contributed by atoms with Gasteiger partial charge in [0.1, 0.15) is 30.0 Å². The maximum atomic E-state index is 13.1. The van der Waals surface area contributed by atoms with E-state index in [0.717, 1.165) is 0 Å². The average molecular weight is 356 g/mol. The fourth-order valence-electron chi connectivity index (χ4n) is 2.29. The Morgan fingerprint density at radius 1 is 1.23 bits per heavy atom. The molecule has 2 aromatic rings. The minimum Gasteiger partial charge on any atom is -0.492 e. The van der Waals surface area contributed by atoms with Crippen LogP contribution in [-0.2, 0) is 4.79 Å². The van der Waals surface area contributed by atoms with E-state index in [-0.39, 0.29) is 30.8 Å². The Hall–Kier alpha value is -3.07. The van der Waals surface area contributed by atoms with E-state index in [1.165, 1.54) is 12.1 Å². The number of rotatable bonds is 8. The molecule has 0 heterocycles. The molecule has 26 heavy (non-hydrogen) atoms. The van der Waals surface area contributed by atoms with E-state index in [1.54, 1.807) is 36.4 Å². The number of carbonyl (C=O) groups is 1. The summed E-state index contributed by atoms with van der Waals surface area (Å²) in [5.74, 6) is 0.0103. The number of para-hydroxylation sites is 1. The van der Waals surface area contributed by atoms with Crippen molar-refractivity contribution in [2.45, 2.75) is 20.0 Å². The van der Waals surface area contributed by atoms with Gasteiger partial charge in [0.2, 0.25) is 0 Å². The molecule has 0 spiro atoms. The number of benzene rings is 2. The van der Waals surface area contributed by atoms with Crippen molar-refractivity contribution in [3.05, 3.63) is 59.9 Å². The van der Waals surface area contributed by atoms with Crippen LogP contribution in [-0.4, -0.2) is 25.2 Å². The fourth-order valence-corrected chi connectivity index (χ4v) is 2.29. The molecule has 0 aromatic heterocycles. The number of nitriles is 1. The molecule has 1 N–H and O–H groups in total. The van der Waals surface area contributed by atoms with Crippen molar-refractivity contribution in [3.63, 3.8) is 0 Å². The van der Waals surface area contributed by atoms with Gasteiger partial charge < -0.3 is 14.8 Å². The lowest BCUT2D eigenvalue weighted by Crippen LogP contribution is -2.43. The summed E-state index contributed by atoms with van der Waals surface area (Å²) < 4.78 is 24.2. The van der Waals surface area contributed by atoms with Crippen LogP contribution in [0.4, 0.5) is 4.39 Å². The van der Waals surface area contributed by atoms with Gasteiger partial charge in [-0.2, -0.15) is 5.26 Å². The summed E-state index contributed by atoms with van der Waals surface area (Å²) in [6, 6.07) is 14.6. The van der Waals surface area contributed by atoms with Crippen molar-refractivity contribution in [3.8, 4) is 17.6 Å². The molecule has 1 amide bonds. The number of hydrogen-bond acceptors (Lipinski definition) is 4. The van der Waals surface area contributed by atoms with Crippen LogP contribution in [0.3, 0.4) is 0 Å². The fraction of sp³-hybridized carbons (Fsp3) is 0.300. The van der Waals surface area contributed by atoms with Gasteiger partial charge in [0.25, 0.3) is 5.91 Å². The molecule has 0 aliphatic rings. The zero-order chi connectivity index (χ0) is 18.9. The minimum atomic E-state index is -0.737. The predicted molar refractivity (Wildman–Crippen MR) is 95.3 cm³/mol. The summed E-state index contributed by atoms with van der Waals surface area (Å²) in [5, 5.41) is 11.9. The van der Waals surface area contributed by atoms with Gasteiger partial charge in [0, 0.05) is 6.07 Å². The van der Waals surface area contributed by atoms with E-state index in [4.69, 9.17) is 14.7 Å². The van der Waals surface area contributed by atoms with Gasteiger partial charge in [0.15, 0.2) is 6.10 Å². The number of halogens is 1. The quantitative estimate of drug-likeness (QED) is 0.737. The summed E-state index contributed by atoms with van der Waals surface area (Å²) in [5.41, 5.74) is 0.375. The van der Waals surface area contributed by atoms with Crippen molar-refractivity contribution < 1.29 is 18.7 Å². The van der Waals surface area contributed by atoms with Gasteiger partial charge in [-0.15, -0.1) is 0 Å². The van der Waals surface area contributed by atoms with E-state index in [0.29, 0.717) is 17.1 Å². The van der Waals surface area contributed by atoms with Gasteiger partial charge in [-0.25, -0.2) is 4.39 Å². The lowest BCUT2D eigenvalue weighted by Gasteiger charge is -2.22. The number of nitrogens with zero attached hydrogens (tertiary/aromatic N) is 1. The SMILES string of the molecule is CC(C)C(Oc1ccccc1C#N)C(=O)NCCOc1cccc(F)c1. The van der Waals surface area contributed by atoms with E-state index < -0.39 is 6.10 Å². The smallest absolute Gasteiger partial charge is 0.261 e. The van der Waals surface area contributed by atoms with Crippen molar-refractivity contribution in [2.75, 3.05) is 13.2 Å². The molecule has 2 aromatic carbocycles. The molecular weight excluding hydrogens is 335 g/mol. The maximum Gasteiger partial charge on any atom is 0.261 e. The zero-order valence-electron chi connectivity index (χ0n) is 14.7. The summed E-state index contributed by atoms with van der Waals surface area (Å²) >= 11 is 0. The van der Waals surface area contributed by atoms with Crippen LogP contribution in [0.5, 0.6) is 11.5 Å². The Morgan fingerprint density at radius 3 is 2.69 bits per heavy atom. The number of nitrogens with one attached hydrogen (secondary N) is 1.